The molecule has 1 aromatic rings. The summed E-state index contributed by atoms with van der Waals surface area (Å²) in [5, 5.41) is 42.7. The summed E-state index contributed by atoms with van der Waals surface area (Å²) in [6, 6.07) is 2.24. The van der Waals surface area contributed by atoms with Crippen LogP contribution in [0, 0.1) is 17.0 Å². The number of hydrogen-bond donors (Lipinski definition) is 4. The normalized spacial score (nSPS) is 13.7. The van der Waals surface area contributed by atoms with Gasteiger partial charge in [-0.05, 0) is 38.6 Å². The highest BCUT2D eigenvalue weighted by Crippen LogP contribution is 2.29. The number of carboxylic acids is 1. The predicted octanol–water partition coefficient (Wildman–Crippen LogP) is 0.605. The van der Waals surface area contributed by atoms with Crippen LogP contribution < -0.4 is 5.32 Å². The van der Waals surface area contributed by atoms with Crippen molar-refractivity contribution in [2.24, 2.45) is 0 Å². The molecule has 0 spiro atoms. The van der Waals surface area contributed by atoms with Crippen molar-refractivity contribution in [2.45, 2.75) is 25.6 Å². The molecule has 116 valence electrons. The van der Waals surface area contributed by atoms with E-state index >= 15 is 0 Å². The molecule has 0 aliphatic rings. The van der Waals surface area contributed by atoms with Crippen molar-refractivity contribution in [3.8, 4) is 0 Å². The fraction of sp³-hybridized carbons (Fsp3) is 0.462. The lowest BCUT2D eigenvalue weighted by molar-refractivity contribution is -0.385. The Kier molecular flexibility index (Phi) is 5.77. The lowest BCUT2D eigenvalue weighted by Crippen LogP contribution is -2.23. The van der Waals surface area contributed by atoms with Gasteiger partial charge in [0.2, 0.25) is 0 Å². The number of rotatable bonds is 7. The first-order chi connectivity index (χ1) is 9.79. The Morgan fingerprint density at radius 2 is 2.05 bits per heavy atom. The molecule has 1 rings (SSSR count). The fourth-order valence-corrected chi connectivity index (χ4v) is 1.98. The Bertz CT molecular complexity index is 510. The maximum atomic E-state index is 11.1. The van der Waals surface area contributed by atoms with Crippen LogP contribution in [0.15, 0.2) is 12.1 Å². The standard InChI is InChI=1S/C13H18N2O6/c1-7-9(13(18)19)5-8(6-10(7)15(20)21)12(17)11(16)3-4-14-2/h5-6,11-12,14,16-17H,3-4H2,1-2H3,(H,18,19). The third-order valence-electron chi connectivity index (χ3n) is 3.23. The van der Waals surface area contributed by atoms with Crippen LogP contribution in [-0.4, -0.2) is 45.9 Å². The van der Waals surface area contributed by atoms with Crippen molar-refractivity contribution in [3.05, 3.63) is 38.9 Å². The van der Waals surface area contributed by atoms with E-state index in [-0.39, 0.29) is 23.1 Å². The average Bonchev–Trinajstić information content (AvgIpc) is 2.43. The number of nitro benzene ring substituents is 1. The molecule has 0 fully saturated rings. The minimum absolute atomic E-state index is 0.00756. The number of aliphatic hydroxyl groups is 2. The molecule has 4 N–H and O–H groups in total. The summed E-state index contributed by atoms with van der Waals surface area (Å²) in [4.78, 5) is 21.4. The molecule has 0 aliphatic carbocycles. The highest BCUT2D eigenvalue weighted by Gasteiger charge is 2.25. The van der Waals surface area contributed by atoms with E-state index in [4.69, 9.17) is 5.11 Å². The van der Waals surface area contributed by atoms with Gasteiger partial charge < -0.3 is 20.6 Å². The van der Waals surface area contributed by atoms with Gasteiger partial charge in [-0.2, -0.15) is 0 Å². The largest absolute Gasteiger partial charge is 0.478 e. The molecular weight excluding hydrogens is 280 g/mol. The van der Waals surface area contributed by atoms with Gasteiger partial charge >= 0.3 is 5.97 Å². The molecule has 0 bridgehead atoms. The van der Waals surface area contributed by atoms with E-state index in [1.165, 1.54) is 6.92 Å². The van der Waals surface area contributed by atoms with E-state index in [0.29, 0.717) is 6.54 Å². The number of carbonyl (C=O) groups is 1. The van der Waals surface area contributed by atoms with Gasteiger partial charge in [0, 0.05) is 11.6 Å². The fourth-order valence-electron chi connectivity index (χ4n) is 1.98. The molecule has 8 nitrogen and oxygen atoms in total. The summed E-state index contributed by atoms with van der Waals surface area (Å²) in [5.74, 6) is -1.32. The number of hydrogen-bond acceptors (Lipinski definition) is 6. The van der Waals surface area contributed by atoms with Gasteiger partial charge in [-0.3, -0.25) is 10.1 Å². The second-order valence-corrected chi connectivity index (χ2v) is 4.68. The van der Waals surface area contributed by atoms with E-state index in [0.717, 1.165) is 12.1 Å². The molecule has 1 aromatic carbocycles. The quantitative estimate of drug-likeness (QED) is 0.428. The molecule has 2 unspecified atom stereocenters. The summed E-state index contributed by atoms with van der Waals surface area (Å²) >= 11 is 0. The Balaban J connectivity index is 3.23. The number of nitrogens with zero attached hydrogens (tertiary/aromatic N) is 1. The van der Waals surface area contributed by atoms with Crippen LogP contribution >= 0.6 is 0 Å². The van der Waals surface area contributed by atoms with E-state index in [1.807, 2.05) is 0 Å². The summed E-state index contributed by atoms with van der Waals surface area (Å²) < 4.78 is 0. The second-order valence-electron chi connectivity index (χ2n) is 4.68. The minimum atomic E-state index is -1.39. The number of nitrogens with one attached hydrogen (secondary N) is 1. The Labute approximate surface area is 121 Å². The summed E-state index contributed by atoms with van der Waals surface area (Å²) in [6.45, 7) is 1.77. The average molecular weight is 298 g/mol. The zero-order valence-corrected chi connectivity index (χ0v) is 11.7. The molecule has 0 saturated carbocycles. The van der Waals surface area contributed by atoms with E-state index in [9.17, 15) is 25.1 Å². The van der Waals surface area contributed by atoms with E-state index in [2.05, 4.69) is 5.32 Å². The monoisotopic (exact) mass is 298 g/mol. The number of aliphatic hydroxyl groups excluding tert-OH is 2. The number of carboxylic acid groups (broad SMARTS) is 1. The Hall–Kier alpha value is -2.03. The lowest BCUT2D eigenvalue weighted by atomic mass is 9.96. The number of benzene rings is 1. The van der Waals surface area contributed by atoms with Crippen molar-refractivity contribution in [1.82, 2.24) is 5.32 Å². The second kappa shape index (κ2) is 7.11. The molecule has 0 aliphatic heterocycles. The van der Waals surface area contributed by atoms with Gasteiger partial charge in [-0.1, -0.05) is 0 Å². The first-order valence-corrected chi connectivity index (χ1v) is 6.32. The van der Waals surface area contributed by atoms with Gasteiger partial charge in [0.05, 0.1) is 16.6 Å². The zero-order valence-electron chi connectivity index (χ0n) is 11.7. The first kappa shape index (κ1) is 17.0. The van der Waals surface area contributed by atoms with Gasteiger partial charge in [0.15, 0.2) is 0 Å². The molecule has 8 heteroatoms. The maximum absolute atomic E-state index is 11.1. The van der Waals surface area contributed by atoms with Crippen LogP contribution in [0.5, 0.6) is 0 Å². The number of aromatic carboxylic acids is 1. The summed E-state index contributed by atoms with van der Waals surface area (Å²) in [7, 11) is 1.68. The third kappa shape index (κ3) is 3.97. The van der Waals surface area contributed by atoms with Gasteiger partial charge in [0.1, 0.15) is 6.10 Å². The van der Waals surface area contributed by atoms with Crippen LogP contribution in [0.4, 0.5) is 5.69 Å². The van der Waals surface area contributed by atoms with Crippen molar-refractivity contribution in [3.63, 3.8) is 0 Å². The van der Waals surface area contributed by atoms with Crippen molar-refractivity contribution in [1.29, 1.82) is 0 Å². The molecule has 0 amide bonds. The Morgan fingerprint density at radius 3 is 2.52 bits per heavy atom. The van der Waals surface area contributed by atoms with Crippen LogP contribution in [0.25, 0.3) is 0 Å². The topological polar surface area (TPSA) is 133 Å². The molecule has 0 radical (unpaired) electrons. The zero-order chi connectivity index (χ0) is 16.2. The maximum Gasteiger partial charge on any atom is 0.336 e. The highest BCUT2D eigenvalue weighted by atomic mass is 16.6. The summed E-state index contributed by atoms with van der Waals surface area (Å²) in [5.41, 5.74) is -0.648. The van der Waals surface area contributed by atoms with Crippen LogP contribution in [0.1, 0.15) is 34.0 Å². The molecule has 2 atom stereocenters. The Morgan fingerprint density at radius 1 is 1.43 bits per heavy atom. The smallest absolute Gasteiger partial charge is 0.336 e. The van der Waals surface area contributed by atoms with Gasteiger partial charge in [-0.15, -0.1) is 0 Å². The molecule has 0 saturated heterocycles. The van der Waals surface area contributed by atoms with Crippen LogP contribution in [-0.2, 0) is 0 Å². The minimum Gasteiger partial charge on any atom is -0.478 e. The number of nitro groups is 1. The van der Waals surface area contributed by atoms with Crippen molar-refractivity contribution in [2.75, 3.05) is 13.6 Å². The molecule has 21 heavy (non-hydrogen) atoms. The highest BCUT2D eigenvalue weighted by molar-refractivity contribution is 5.91. The SMILES string of the molecule is CNCCC(O)C(O)c1cc(C(=O)O)c(C)c([N+](=O)[O-])c1. The van der Waals surface area contributed by atoms with Crippen molar-refractivity contribution < 1.29 is 25.0 Å². The molecular formula is C13H18N2O6. The van der Waals surface area contributed by atoms with E-state index in [1.54, 1.807) is 7.05 Å². The van der Waals surface area contributed by atoms with Crippen molar-refractivity contribution >= 4 is 11.7 Å². The third-order valence-corrected chi connectivity index (χ3v) is 3.23. The summed E-state index contributed by atoms with van der Waals surface area (Å²) in [6.07, 6.45) is -2.32. The van der Waals surface area contributed by atoms with Gasteiger partial charge in [0.25, 0.3) is 5.69 Å². The lowest BCUT2D eigenvalue weighted by Gasteiger charge is -2.19. The first-order valence-electron chi connectivity index (χ1n) is 6.32. The molecule has 0 heterocycles. The van der Waals surface area contributed by atoms with Gasteiger partial charge in [-0.25, -0.2) is 4.79 Å². The van der Waals surface area contributed by atoms with Crippen LogP contribution in [0.2, 0.25) is 0 Å². The van der Waals surface area contributed by atoms with Crippen LogP contribution in [0.3, 0.4) is 0 Å². The van der Waals surface area contributed by atoms with E-state index < -0.39 is 28.8 Å². The molecule has 0 aromatic heterocycles. The predicted molar refractivity (Wildman–Crippen MR) is 74.3 cm³/mol.